The zero-order valence-corrected chi connectivity index (χ0v) is 14.8. The molecule has 0 saturated heterocycles. The van der Waals surface area contributed by atoms with Crippen molar-refractivity contribution in [3.63, 3.8) is 0 Å². The predicted octanol–water partition coefficient (Wildman–Crippen LogP) is 2.94. The number of fused-ring (bicyclic) bond motifs is 1. The molecule has 0 saturated carbocycles. The quantitative estimate of drug-likeness (QED) is 0.866. The van der Waals surface area contributed by atoms with Crippen LogP contribution in [0.25, 0.3) is 0 Å². The van der Waals surface area contributed by atoms with E-state index in [0.29, 0.717) is 11.5 Å². The first-order valence-corrected chi connectivity index (χ1v) is 8.35. The minimum Gasteiger partial charge on any atom is -0.485 e. The van der Waals surface area contributed by atoms with Gasteiger partial charge in [0.15, 0.2) is 11.5 Å². The molecule has 0 fully saturated rings. The Kier molecular flexibility index (Phi) is 5.43. The monoisotopic (exact) mass is 394 g/mol. The third-order valence-electron chi connectivity index (χ3n) is 4.05. The normalized spacial score (nSPS) is 15.6. The molecule has 0 aromatic heterocycles. The number of anilines is 1. The summed E-state index contributed by atoms with van der Waals surface area (Å²) in [6.07, 6.45) is -5.55. The zero-order valence-electron chi connectivity index (χ0n) is 14.8. The van der Waals surface area contributed by atoms with Gasteiger partial charge in [0, 0.05) is 7.05 Å². The molecule has 148 valence electrons. The lowest BCUT2D eigenvalue weighted by Crippen LogP contribution is -2.47. The molecule has 1 aliphatic rings. The van der Waals surface area contributed by atoms with Crippen LogP contribution in [0.5, 0.6) is 11.5 Å². The predicted molar refractivity (Wildman–Crippen MR) is 94.1 cm³/mol. The van der Waals surface area contributed by atoms with Gasteiger partial charge in [0.25, 0.3) is 5.91 Å². The summed E-state index contributed by atoms with van der Waals surface area (Å²) in [5, 5.41) is 2.20. The van der Waals surface area contributed by atoms with Crippen LogP contribution >= 0.6 is 0 Å². The van der Waals surface area contributed by atoms with Crippen molar-refractivity contribution in [3.05, 3.63) is 54.1 Å². The summed E-state index contributed by atoms with van der Waals surface area (Å²) in [6, 6.07) is 11.5. The van der Waals surface area contributed by atoms with E-state index in [-0.39, 0.29) is 12.3 Å². The SMILES string of the molecule is CN(CC(=O)Nc1ccccc1C(F)(F)F)C(=O)[C@@H]1COc2ccccc2O1. The van der Waals surface area contributed by atoms with Crippen molar-refractivity contribution in [2.24, 2.45) is 0 Å². The number of hydrogen-bond acceptors (Lipinski definition) is 4. The number of hydrogen-bond donors (Lipinski definition) is 1. The number of amides is 2. The first-order valence-electron chi connectivity index (χ1n) is 8.35. The van der Waals surface area contributed by atoms with Crippen molar-refractivity contribution in [3.8, 4) is 11.5 Å². The number of para-hydroxylation sites is 3. The van der Waals surface area contributed by atoms with Gasteiger partial charge in [0.05, 0.1) is 17.8 Å². The van der Waals surface area contributed by atoms with E-state index in [9.17, 15) is 22.8 Å². The lowest BCUT2D eigenvalue weighted by atomic mass is 10.1. The van der Waals surface area contributed by atoms with Crippen LogP contribution in [-0.2, 0) is 15.8 Å². The lowest BCUT2D eigenvalue weighted by molar-refractivity contribution is -0.142. The molecule has 6 nitrogen and oxygen atoms in total. The third-order valence-corrected chi connectivity index (χ3v) is 4.05. The molecule has 1 heterocycles. The maximum Gasteiger partial charge on any atom is 0.418 e. The van der Waals surface area contributed by atoms with E-state index in [0.717, 1.165) is 17.0 Å². The van der Waals surface area contributed by atoms with E-state index < -0.39 is 36.2 Å². The molecule has 1 N–H and O–H groups in total. The molecule has 2 amide bonds. The van der Waals surface area contributed by atoms with Crippen molar-refractivity contribution in [2.75, 3.05) is 25.5 Å². The van der Waals surface area contributed by atoms with Crippen molar-refractivity contribution in [1.82, 2.24) is 4.90 Å². The number of ether oxygens (including phenoxy) is 2. The Labute approximate surface area is 158 Å². The van der Waals surface area contributed by atoms with Gasteiger partial charge in [-0.15, -0.1) is 0 Å². The van der Waals surface area contributed by atoms with E-state index in [2.05, 4.69) is 5.32 Å². The summed E-state index contributed by atoms with van der Waals surface area (Å²) in [4.78, 5) is 25.7. The van der Waals surface area contributed by atoms with Gasteiger partial charge < -0.3 is 19.7 Å². The molecule has 1 atom stereocenters. The van der Waals surface area contributed by atoms with Gasteiger partial charge in [-0.05, 0) is 24.3 Å². The van der Waals surface area contributed by atoms with Crippen LogP contribution < -0.4 is 14.8 Å². The highest BCUT2D eigenvalue weighted by atomic mass is 19.4. The maximum atomic E-state index is 13.0. The largest absolute Gasteiger partial charge is 0.485 e. The maximum absolute atomic E-state index is 13.0. The molecule has 0 radical (unpaired) electrons. The molecule has 2 aromatic carbocycles. The molecule has 1 aliphatic heterocycles. The standard InChI is InChI=1S/C19H17F3N2O4/c1-24(18(26)16-11-27-14-8-4-5-9-15(14)28-16)10-17(25)23-13-7-3-2-6-12(13)19(20,21)22/h2-9,16H,10-11H2,1H3,(H,23,25)/t16-/m0/s1. The average Bonchev–Trinajstić information content (AvgIpc) is 2.66. The van der Waals surface area contributed by atoms with Crippen molar-refractivity contribution in [2.45, 2.75) is 12.3 Å². The first kappa shape index (κ1) is 19.5. The van der Waals surface area contributed by atoms with Gasteiger partial charge in [-0.2, -0.15) is 13.2 Å². The number of nitrogens with zero attached hydrogens (tertiary/aromatic N) is 1. The van der Waals surface area contributed by atoms with Gasteiger partial charge in [-0.25, -0.2) is 0 Å². The average molecular weight is 394 g/mol. The van der Waals surface area contributed by atoms with Crippen molar-refractivity contribution >= 4 is 17.5 Å². The Bertz CT molecular complexity index is 885. The van der Waals surface area contributed by atoms with Crippen molar-refractivity contribution in [1.29, 1.82) is 0 Å². The van der Waals surface area contributed by atoms with Crippen LogP contribution in [0, 0.1) is 0 Å². The van der Waals surface area contributed by atoms with Gasteiger partial charge in [0.1, 0.15) is 6.61 Å². The van der Waals surface area contributed by atoms with Gasteiger partial charge in [-0.3, -0.25) is 9.59 Å². The lowest BCUT2D eigenvalue weighted by Gasteiger charge is -2.28. The molecule has 3 rings (SSSR count). The molecule has 0 unspecified atom stereocenters. The number of halogens is 3. The van der Waals surface area contributed by atoms with Crippen LogP contribution in [-0.4, -0.2) is 43.0 Å². The molecule has 0 spiro atoms. The summed E-state index contributed by atoms with van der Waals surface area (Å²) in [5.74, 6) is -0.363. The fraction of sp³-hybridized carbons (Fsp3) is 0.263. The second-order valence-electron chi connectivity index (χ2n) is 6.15. The summed E-state index contributed by atoms with van der Waals surface area (Å²) < 4.78 is 50.1. The van der Waals surface area contributed by atoms with Crippen LogP contribution in [0.1, 0.15) is 5.56 Å². The Hall–Kier alpha value is -3.23. The summed E-state index contributed by atoms with van der Waals surface area (Å²) >= 11 is 0. The van der Waals surface area contributed by atoms with Crippen LogP contribution in [0.15, 0.2) is 48.5 Å². The Morgan fingerprint density at radius 3 is 2.46 bits per heavy atom. The van der Waals surface area contributed by atoms with Gasteiger partial charge in [-0.1, -0.05) is 24.3 Å². The number of carbonyl (C=O) groups excluding carboxylic acids is 2. The number of likely N-dealkylation sites (N-methyl/N-ethyl adjacent to an activating group) is 1. The molecular formula is C19H17F3N2O4. The Morgan fingerprint density at radius 2 is 1.75 bits per heavy atom. The highest BCUT2D eigenvalue weighted by molar-refractivity contribution is 5.95. The highest BCUT2D eigenvalue weighted by Gasteiger charge is 2.34. The molecular weight excluding hydrogens is 377 g/mol. The summed E-state index contributed by atoms with van der Waals surface area (Å²) in [6.45, 7) is -0.467. The van der Waals surface area contributed by atoms with E-state index >= 15 is 0 Å². The van der Waals surface area contributed by atoms with E-state index in [1.165, 1.54) is 19.2 Å². The van der Waals surface area contributed by atoms with Gasteiger partial charge in [0.2, 0.25) is 12.0 Å². The van der Waals surface area contributed by atoms with Crippen LogP contribution in [0.2, 0.25) is 0 Å². The fourth-order valence-corrected chi connectivity index (χ4v) is 2.71. The fourth-order valence-electron chi connectivity index (χ4n) is 2.71. The van der Waals surface area contributed by atoms with Crippen molar-refractivity contribution < 1.29 is 32.2 Å². The van der Waals surface area contributed by atoms with Crippen LogP contribution in [0.3, 0.4) is 0 Å². The van der Waals surface area contributed by atoms with Crippen LogP contribution in [0.4, 0.5) is 18.9 Å². The smallest absolute Gasteiger partial charge is 0.418 e. The molecule has 0 aliphatic carbocycles. The summed E-state index contributed by atoms with van der Waals surface area (Å²) in [7, 11) is 1.36. The number of rotatable bonds is 4. The Morgan fingerprint density at radius 1 is 1.11 bits per heavy atom. The number of alkyl halides is 3. The van der Waals surface area contributed by atoms with Gasteiger partial charge >= 0.3 is 6.18 Å². The third kappa shape index (κ3) is 4.36. The summed E-state index contributed by atoms with van der Waals surface area (Å²) in [5.41, 5.74) is -1.33. The second-order valence-corrected chi connectivity index (χ2v) is 6.15. The molecule has 9 heteroatoms. The zero-order chi connectivity index (χ0) is 20.3. The van der Waals surface area contributed by atoms with E-state index in [1.807, 2.05) is 0 Å². The molecule has 28 heavy (non-hydrogen) atoms. The highest BCUT2D eigenvalue weighted by Crippen LogP contribution is 2.34. The Balaban J connectivity index is 1.61. The number of benzene rings is 2. The minimum atomic E-state index is -4.60. The number of carbonyl (C=O) groups is 2. The topological polar surface area (TPSA) is 67.9 Å². The van der Waals surface area contributed by atoms with E-state index in [4.69, 9.17) is 9.47 Å². The van der Waals surface area contributed by atoms with E-state index in [1.54, 1.807) is 24.3 Å². The number of nitrogens with one attached hydrogen (secondary N) is 1. The first-order chi connectivity index (χ1) is 13.3. The molecule has 2 aromatic rings. The minimum absolute atomic E-state index is 0.0291. The second kappa shape index (κ2) is 7.79. The molecule has 0 bridgehead atoms.